The number of aromatic nitrogens is 5. The molecule has 19 heavy (non-hydrogen) atoms. The van der Waals surface area contributed by atoms with Gasteiger partial charge in [0, 0.05) is 12.6 Å². The van der Waals surface area contributed by atoms with Crippen LogP contribution < -0.4 is 5.32 Å². The number of carbonyl (C=O) groups is 1. The molecule has 1 aromatic carbocycles. The Hall–Kier alpha value is -2.77. The molecule has 0 aliphatic carbocycles. The van der Waals surface area contributed by atoms with Crippen LogP contribution in [0.4, 0.5) is 5.69 Å². The van der Waals surface area contributed by atoms with Crippen molar-refractivity contribution >= 4 is 22.7 Å². The van der Waals surface area contributed by atoms with Crippen molar-refractivity contribution in [2.75, 3.05) is 5.32 Å². The Morgan fingerprint density at radius 3 is 3.16 bits per heavy atom. The monoisotopic (exact) mass is 258 g/mol. The highest BCUT2D eigenvalue weighted by Gasteiger charge is 2.07. The van der Waals surface area contributed by atoms with Gasteiger partial charge in [0.2, 0.25) is 5.91 Å². The predicted molar refractivity (Wildman–Crippen MR) is 65.2 cm³/mol. The second-order valence-corrected chi connectivity index (χ2v) is 3.97. The zero-order valence-electron chi connectivity index (χ0n) is 10.1. The maximum atomic E-state index is 11.7. The van der Waals surface area contributed by atoms with Crippen molar-refractivity contribution in [3.8, 4) is 0 Å². The van der Waals surface area contributed by atoms with Crippen molar-refractivity contribution in [2.45, 2.75) is 13.5 Å². The van der Waals surface area contributed by atoms with E-state index in [0.29, 0.717) is 22.7 Å². The number of tetrazole rings is 1. The molecule has 8 heteroatoms. The first-order valence-electron chi connectivity index (χ1n) is 5.58. The highest BCUT2D eigenvalue weighted by molar-refractivity contribution is 5.92. The number of fused-ring (bicyclic) bond motifs is 1. The van der Waals surface area contributed by atoms with Gasteiger partial charge in [-0.3, -0.25) is 4.79 Å². The lowest BCUT2D eigenvalue weighted by molar-refractivity contribution is -0.116. The molecule has 1 N–H and O–H groups in total. The van der Waals surface area contributed by atoms with Crippen LogP contribution in [0.2, 0.25) is 0 Å². The predicted octanol–water partition coefficient (Wildman–Crippen LogP) is 0.761. The van der Waals surface area contributed by atoms with Crippen molar-refractivity contribution in [3.63, 3.8) is 0 Å². The summed E-state index contributed by atoms with van der Waals surface area (Å²) in [6.45, 7) is 1.83. The van der Waals surface area contributed by atoms with E-state index in [1.54, 1.807) is 25.1 Å². The number of hydrogen-bond acceptors (Lipinski definition) is 6. The van der Waals surface area contributed by atoms with E-state index in [4.69, 9.17) is 4.42 Å². The van der Waals surface area contributed by atoms with Gasteiger partial charge < -0.3 is 9.73 Å². The maximum Gasteiger partial charge on any atom is 0.246 e. The number of nitrogens with one attached hydrogen (secondary N) is 1. The van der Waals surface area contributed by atoms with E-state index in [1.807, 2.05) is 0 Å². The van der Waals surface area contributed by atoms with Crippen LogP contribution in [0.1, 0.15) is 5.89 Å². The van der Waals surface area contributed by atoms with Crippen molar-refractivity contribution in [2.24, 2.45) is 0 Å². The molecule has 3 rings (SSSR count). The summed E-state index contributed by atoms with van der Waals surface area (Å²) in [5.74, 6) is 0.374. The molecule has 0 saturated heterocycles. The number of benzene rings is 1. The second-order valence-electron chi connectivity index (χ2n) is 3.97. The number of oxazole rings is 1. The number of hydrogen-bond donors (Lipinski definition) is 1. The minimum Gasteiger partial charge on any atom is -0.441 e. The Labute approximate surface area is 107 Å². The Bertz CT molecular complexity index is 718. The van der Waals surface area contributed by atoms with E-state index in [0.717, 1.165) is 0 Å². The zero-order valence-corrected chi connectivity index (χ0v) is 10.1. The van der Waals surface area contributed by atoms with Gasteiger partial charge in [0.1, 0.15) is 18.4 Å². The van der Waals surface area contributed by atoms with Crippen molar-refractivity contribution < 1.29 is 9.21 Å². The fraction of sp³-hybridized carbons (Fsp3) is 0.182. The Morgan fingerprint density at radius 1 is 1.47 bits per heavy atom. The normalized spacial score (nSPS) is 10.8. The van der Waals surface area contributed by atoms with Gasteiger partial charge in [0.25, 0.3) is 0 Å². The average molecular weight is 258 g/mol. The van der Waals surface area contributed by atoms with Crippen LogP contribution in [0.5, 0.6) is 0 Å². The highest BCUT2D eigenvalue weighted by atomic mass is 16.3. The summed E-state index contributed by atoms with van der Waals surface area (Å²) in [6, 6.07) is 5.27. The van der Waals surface area contributed by atoms with Crippen LogP contribution in [0.3, 0.4) is 0 Å². The van der Waals surface area contributed by atoms with Crippen LogP contribution in [0, 0.1) is 6.92 Å². The number of rotatable bonds is 3. The van der Waals surface area contributed by atoms with Gasteiger partial charge in [0.15, 0.2) is 11.5 Å². The number of aryl methyl sites for hydroxylation is 1. The third kappa shape index (κ3) is 2.41. The van der Waals surface area contributed by atoms with E-state index in [2.05, 4.69) is 25.8 Å². The summed E-state index contributed by atoms with van der Waals surface area (Å²) in [5, 5.41) is 13.3. The molecule has 8 nitrogen and oxygen atoms in total. The standard InChI is InChI=1S/C11H10N6O2/c1-7-13-9-4-8(2-3-10(9)19-7)14-11(18)5-17-6-12-15-16-17/h2-4,6H,5H2,1H3,(H,14,18). The van der Waals surface area contributed by atoms with Crippen LogP contribution >= 0.6 is 0 Å². The molecule has 0 bridgehead atoms. The van der Waals surface area contributed by atoms with E-state index in [1.165, 1.54) is 11.0 Å². The third-order valence-electron chi connectivity index (χ3n) is 2.48. The highest BCUT2D eigenvalue weighted by Crippen LogP contribution is 2.19. The van der Waals surface area contributed by atoms with E-state index >= 15 is 0 Å². The molecule has 2 heterocycles. The summed E-state index contributed by atoms with van der Waals surface area (Å²) < 4.78 is 6.70. The topological polar surface area (TPSA) is 98.7 Å². The van der Waals surface area contributed by atoms with Crippen molar-refractivity contribution in [1.82, 2.24) is 25.2 Å². The Balaban J connectivity index is 1.75. The first kappa shape index (κ1) is 11.3. The quantitative estimate of drug-likeness (QED) is 0.744. The molecule has 0 atom stereocenters. The molecule has 1 amide bonds. The molecule has 0 aliphatic rings. The largest absolute Gasteiger partial charge is 0.441 e. The molecule has 0 unspecified atom stereocenters. The third-order valence-corrected chi connectivity index (χ3v) is 2.48. The molecule has 0 aliphatic heterocycles. The summed E-state index contributed by atoms with van der Waals surface area (Å²) >= 11 is 0. The zero-order chi connectivity index (χ0) is 13.2. The fourth-order valence-corrected chi connectivity index (χ4v) is 1.72. The van der Waals surface area contributed by atoms with Gasteiger partial charge in [-0.05, 0) is 28.6 Å². The minimum atomic E-state index is -0.216. The number of anilines is 1. The van der Waals surface area contributed by atoms with Gasteiger partial charge in [0.05, 0.1) is 0 Å². The van der Waals surface area contributed by atoms with Crippen LogP contribution in [0.15, 0.2) is 28.9 Å². The lowest BCUT2D eigenvalue weighted by atomic mass is 10.3. The Morgan fingerprint density at radius 2 is 2.37 bits per heavy atom. The number of nitrogens with zero attached hydrogens (tertiary/aromatic N) is 5. The van der Waals surface area contributed by atoms with Gasteiger partial charge in [-0.1, -0.05) is 0 Å². The van der Waals surface area contributed by atoms with Crippen LogP contribution in [-0.4, -0.2) is 31.1 Å². The maximum absolute atomic E-state index is 11.7. The molecule has 96 valence electrons. The summed E-state index contributed by atoms with van der Waals surface area (Å²) in [5.41, 5.74) is 2.05. The van der Waals surface area contributed by atoms with Gasteiger partial charge >= 0.3 is 0 Å². The van der Waals surface area contributed by atoms with Gasteiger partial charge in [-0.2, -0.15) is 0 Å². The molecular weight excluding hydrogens is 248 g/mol. The second kappa shape index (κ2) is 4.48. The molecule has 0 fully saturated rings. The summed E-state index contributed by atoms with van der Waals surface area (Å²) in [7, 11) is 0. The summed E-state index contributed by atoms with van der Waals surface area (Å²) in [4.78, 5) is 16.0. The number of amides is 1. The number of carbonyl (C=O) groups excluding carboxylic acids is 1. The smallest absolute Gasteiger partial charge is 0.246 e. The van der Waals surface area contributed by atoms with E-state index < -0.39 is 0 Å². The fourth-order valence-electron chi connectivity index (χ4n) is 1.72. The minimum absolute atomic E-state index is 0.0584. The van der Waals surface area contributed by atoms with Crippen LogP contribution in [0.25, 0.3) is 11.1 Å². The Kier molecular flexibility index (Phi) is 2.67. The molecule has 2 aromatic heterocycles. The molecule has 0 radical (unpaired) electrons. The van der Waals surface area contributed by atoms with E-state index in [9.17, 15) is 4.79 Å². The SMILES string of the molecule is Cc1nc2cc(NC(=O)Cn3cnnn3)ccc2o1. The lowest BCUT2D eigenvalue weighted by Crippen LogP contribution is -2.19. The molecule has 3 aromatic rings. The molecular formula is C11H10N6O2. The van der Waals surface area contributed by atoms with Gasteiger partial charge in [-0.15, -0.1) is 5.10 Å². The molecule has 0 spiro atoms. The van der Waals surface area contributed by atoms with Gasteiger partial charge in [-0.25, -0.2) is 9.67 Å². The van der Waals surface area contributed by atoms with Crippen molar-refractivity contribution in [3.05, 3.63) is 30.4 Å². The van der Waals surface area contributed by atoms with Crippen molar-refractivity contribution in [1.29, 1.82) is 0 Å². The lowest BCUT2D eigenvalue weighted by Gasteiger charge is -2.03. The van der Waals surface area contributed by atoms with Crippen LogP contribution in [-0.2, 0) is 11.3 Å². The molecule has 0 saturated carbocycles. The van der Waals surface area contributed by atoms with E-state index in [-0.39, 0.29) is 12.5 Å². The summed E-state index contributed by atoms with van der Waals surface area (Å²) in [6.07, 6.45) is 1.38. The first-order valence-corrected chi connectivity index (χ1v) is 5.58. The average Bonchev–Trinajstić information content (AvgIpc) is 2.96. The first-order chi connectivity index (χ1) is 9.20.